The number of anilines is 1. The first kappa shape index (κ1) is 27.8. The molecule has 4 aromatic carbocycles. The maximum Gasteiger partial charge on any atom is 0.322 e. The van der Waals surface area contributed by atoms with Crippen LogP contribution in [0.5, 0.6) is 0 Å². The summed E-state index contributed by atoms with van der Waals surface area (Å²) in [5.74, 6) is 0.534. The van der Waals surface area contributed by atoms with Crippen LogP contribution >= 0.6 is 0 Å². The number of urea groups is 1. The summed E-state index contributed by atoms with van der Waals surface area (Å²) < 4.78 is 1.69. The fourth-order valence-corrected chi connectivity index (χ4v) is 5.32. The maximum absolute atomic E-state index is 14.2. The molecule has 208 valence electrons. The average molecular weight is 545 g/mol. The highest BCUT2D eigenvalue weighted by molar-refractivity contribution is 5.91. The first-order valence-corrected chi connectivity index (χ1v) is 14.1. The Kier molecular flexibility index (Phi) is 8.02. The highest BCUT2D eigenvalue weighted by Gasteiger charge is 2.30. The zero-order valence-electron chi connectivity index (χ0n) is 24.3. The third kappa shape index (κ3) is 5.64. The highest BCUT2D eigenvalue weighted by Crippen LogP contribution is 2.30. The van der Waals surface area contributed by atoms with Gasteiger partial charge in [-0.25, -0.2) is 9.78 Å². The highest BCUT2D eigenvalue weighted by atomic mass is 16.2. The lowest BCUT2D eigenvalue weighted by atomic mass is 10.1. The van der Waals surface area contributed by atoms with Crippen LogP contribution in [0.4, 0.5) is 10.5 Å². The van der Waals surface area contributed by atoms with Crippen LogP contribution in [-0.2, 0) is 6.54 Å². The summed E-state index contributed by atoms with van der Waals surface area (Å²) >= 11 is 0. The molecule has 0 spiro atoms. The minimum Gasteiger partial charge on any atom is -0.310 e. The molecule has 1 heterocycles. The minimum absolute atomic E-state index is 0.151. The fourth-order valence-electron chi connectivity index (χ4n) is 5.32. The van der Waals surface area contributed by atoms with Gasteiger partial charge in [-0.15, -0.1) is 0 Å². The van der Waals surface area contributed by atoms with Crippen LogP contribution in [0.3, 0.4) is 0 Å². The van der Waals surface area contributed by atoms with Gasteiger partial charge in [0.15, 0.2) is 0 Å². The van der Waals surface area contributed by atoms with Crippen molar-refractivity contribution >= 4 is 22.6 Å². The molecule has 1 aromatic heterocycles. The van der Waals surface area contributed by atoms with Crippen molar-refractivity contribution in [3.8, 4) is 5.69 Å². The second-order valence-electron chi connectivity index (χ2n) is 10.6. The molecular formula is C35H36N4O2. The smallest absolute Gasteiger partial charge is 0.310 e. The van der Waals surface area contributed by atoms with Crippen LogP contribution in [0.25, 0.3) is 16.6 Å². The Bertz CT molecular complexity index is 1760. The van der Waals surface area contributed by atoms with E-state index in [0.29, 0.717) is 29.7 Å². The van der Waals surface area contributed by atoms with Crippen LogP contribution in [0.2, 0.25) is 0 Å². The van der Waals surface area contributed by atoms with Gasteiger partial charge in [0.05, 0.1) is 22.6 Å². The first-order valence-electron chi connectivity index (χ1n) is 14.1. The molecule has 1 atom stereocenters. The van der Waals surface area contributed by atoms with E-state index >= 15 is 0 Å². The molecule has 0 aliphatic heterocycles. The molecule has 1 N–H and O–H groups in total. The summed E-state index contributed by atoms with van der Waals surface area (Å²) in [7, 11) is 0. The number of aryl methyl sites for hydroxylation is 4. The van der Waals surface area contributed by atoms with Gasteiger partial charge in [0.1, 0.15) is 5.82 Å². The van der Waals surface area contributed by atoms with Gasteiger partial charge in [0.2, 0.25) is 0 Å². The molecule has 6 nitrogen and oxygen atoms in total. The van der Waals surface area contributed by atoms with Crippen molar-refractivity contribution in [1.82, 2.24) is 14.5 Å². The van der Waals surface area contributed by atoms with E-state index in [4.69, 9.17) is 4.98 Å². The van der Waals surface area contributed by atoms with E-state index < -0.39 is 6.04 Å². The molecule has 0 bridgehead atoms. The lowest BCUT2D eigenvalue weighted by molar-refractivity contribution is 0.177. The number of para-hydroxylation sites is 2. The van der Waals surface area contributed by atoms with E-state index in [1.165, 1.54) is 0 Å². The maximum atomic E-state index is 14.2. The van der Waals surface area contributed by atoms with E-state index in [9.17, 15) is 9.59 Å². The standard InChI is InChI=1S/C35H36N4O2/c1-6-31(38(22-27-15-8-7-9-16-27)35(41)37-32-24(3)13-12-14-25(32)4)33-36-30-18-11-10-17-29(30)34(40)39(33)28-20-19-23(2)26(5)21-28/h7-21,31H,6,22H2,1-5H3,(H,37,41). The Morgan fingerprint density at radius 1 is 0.829 bits per heavy atom. The number of aromatic nitrogens is 2. The molecule has 6 heteroatoms. The monoisotopic (exact) mass is 544 g/mol. The summed E-state index contributed by atoms with van der Waals surface area (Å²) in [4.78, 5) is 35.2. The summed E-state index contributed by atoms with van der Waals surface area (Å²) in [5, 5.41) is 3.72. The van der Waals surface area contributed by atoms with Gasteiger partial charge >= 0.3 is 6.03 Å². The lowest BCUT2D eigenvalue weighted by Gasteiger charge is -2.33. The van der Waals surface area contributed by atoms with Crippen LogP contribution in [0, 0.1) is 27.7 Å². The molecule has 0 fully saturated rings. The molecular weight excluding hydrogens is 508 g/mol. The molecule has 0 saturated heterocycles. The Balaban J connectivity index is 1.71. The molecule has 5 aromatic rings. The van der Waals surface area contributed by atoms with Crippen molar-refractivity contribution in [1.29, 1.82) is 0 Å². The van der Waals surface area contributed by atoms with Gasteiger partial charge in [-0.3, -0.25) is 9.36 Å². The fraction of sp³-hybridized carbons (Fsp3) is 0.229. The van der Waals surface area contributed by atoms with Gasteiger partial charge in [-0.05, 0) is 86.2 Å². The topological polar surface area (TPSA) is 67.2 Å². The van der Waals surface area contributed by atoms with E-state index in [1.807, 2.05) is 119 Å². The number of nitrogens with one attached hydrogen (secondary N) is 1. The number of fused-ring (bicyclic) bond motifs is 1. The zero-order chi connectivity index (χ0) is 29.1. The molecule has 0 aliphatic rings. The molecule has 1 unspecified atom stereocenters. The van der Waals surface area contributed by atoms with Crippen LogP contribution in [0.15, 0.2) is 95.8 Å². The summed E-state index contributed by atoms with van der Waals surface area (Å²) in [6.07, 6.45) is 0.558. The summed E-state index contributed by atoms with van der Waals surface area (Å²) in [6, 6.07) is 28.5. The van der Waals surface area contributed by atoms with Crippen molar-refractivity contribution in [2.75, 3.05) is 5.32 Å². The number of hydrogen-bond acceptors (Lipinski definition) is 3. The third-order valence-electron chi connectivity index (χ3n) is 7.78. The van der Waals surface area contributed by atoms with Crippen molar-refractivity contribution in [2.24, 2.45) is 0 Å². The van der Waals surface area contributed by atoms with Crippen LogP contribution < -0.4 is 10.9 Å². The second kappa shape index (κ2) is 11.8. The molecule has 2 amide bonds. The van der Waals surface area contributed by atoms with Gasteiger partial charge < -0.3 is 10.2 Å². The molecule has 41 heavy (non-hydrogen) atoms. The van der Waals surface area contributed by atoms with Crippen molar-refractivity contribution in [3.05, 3.63) is 135 Å². The minimum atomic E-state index is -0.488. The van der Waals surface area contributed by atoms with Gasteiger partial charge in [0, 0.05) is 12.2 Å². The predicted molar refractivity (Wildman–Crippen MR) is 167 cm³/mol. The summed E-state index contributed by atoms with van der Waals surface area (Å²) in [5.41, 5.74) is 7.18. The zero-order valence-corrected chi connectivity index (χ0v) is 24.3. The van der Waals surface area contributed by atoms with E-state index in [2.05, 4.69) is 12.2 Å². The number of carbonyl (C=O) groups excluding carboxylic acids is 1. The molecule has 0 radical (unpaired) electrons. The molecule has 0 aliphatic carbocycles. The average Bonchev–Trinajstić information content (AvgIpc) is 2.97. The second-order valence-corrected chi connectivity index (χ2v) is 10.6. The number of carbonyl (C=O) groups is 1. The number of benzene rings is 4. The SMILES string of the molecule is CCC(c1nc2ccccc2c(=O)n1-c1ccc(C)c(C)c1)N(Cc1ccccc1)C(=O)Nc1c(C)cccc1C. The van der Waals surface area contributed by atoms with Gasteiger partial charge in [-0.1, -0.05) is 73.7 Å². The number of rotatable bonds is 7. The van der Waals surface area contributed by atoms with Crippen LogP contribution in [-0.4, -0.2) is 20.5 Å². The normalized spacial score (nSPS) is 11.8. The van der Waals surface area contributed by atoms with Gasteiger partial charge in [-0.2, -0.15) is 0 Å². The molecule has 5 rings (SSSR count). The Labute approximate surface area is 241 Å². The van der Waals surface area contributed by atoms with Crippen molar-refractivity contribution in [2.45, 2.75) is 53.6 Å². The quantitative estimate of drug-likeness (QED) is 0.227. The number of amides is 2. The summed E-state index contributed by atoms with van der Waals surface area (Å²) in [6.45, 7) is 10.4. The van der Waals surface area contributed by atoms with Crippen LogP contribution in [0.1, 0.15) is 53.0 Å². The first-order chi connectivity index (χ1) is 19.8. The van der Waals surface area contributed by atoms with Crippen molar-refractivity contribution in [3.63, 3.8) is 0 Å². The third-order valence-corrected chi connectivity index (χ3v) is 7.78. The largest absolute Gasteiger partial charge is 0.322 e. The van der Waals surface area contributed by atoms with E-state index in [-0.39, 0.29) is 11.6 Å². The predicted octanol–water partition coefficient (Wildman–Crippen LogP) is 7.80. The molecule has 0 saturated carbocycles. The number of nitrogens with zero attached hydrogens (tertiary/aromatic N) is 3. The number of hydrogen-bond donors (Lipinski definition) is 1. The van der Waals surface area contributed by atoms with Crippen molar-refractivity contribution < 1.29 is 4.79 Å². The Morgan fingerprint density at radius 2 is 1.51 bits per heavy atom. The Morgan fingerprint density at radius 3 is 2.20 bits per heavy atom. The lowest BCUT2D eigenvalue weighted by Crippen LogP contribution is -2.40. The Hall–Kier alpha value is -4.71. The van der Waals surface area contributed by atoms with E-state index in [0.717, 1.165) is 39.2 Å². The van der Waals surface area contributed by atoms with E-state index in [1.54, 1.807) is 9.47 Å². The van der Waals surface area contributed by atoms with Gasteiger partial charge in [0.25, 0.3) is 5.56 Å².